The van der Waals surface area contributed by atoms with E-state index in [-0.39, 0.29) is 48.9 Å². The number of nitrogens with zero attached hydrogens (tertiary/aromatic N) is 4. The SMILES string of the molecule is N[C@@H]1CN(c2nc3cc(F)c(F)cc3n2CC(=O)N2CCNC(=O)C2)CC[C@H]1F. The van der Waals surface area contributed by atoms with Crippen molar-refractivity contribution in [3.63, 3.8) is 0 Å². The number of carbonyl (C=O) groups excluding carboxylic acids is 2. The first-order chi connectivity index (χ1) is 13.8. The molecule has 8 nitrogen and oxygen atoms in total. The molecule has 3 N–H and O–H groups in total. The van der Waals surface area contributed by atoms with Gasteiger partial charge < -0.3 is 25.4 Å². The van der Waals surface area contributed by atoms with Gasteiger partial charge in [0.1, 0.15) is 12.7 Å². The number of amides is 2. The van der Waals surface area contributed by atoms with Crippen LogP contribution < -0.4 is 16.0 Å². The average Bonchev–Trinajstić information content (AvgIpc) is 3.01. The molecule has 4 rings (SSSR count). The number of benzene rings is 1. The van der Waals surface area contributed by atoms with E-state index in [0.29, 0.717) is 25.6 Å². The molecule has 11 heteroatoms. The molecule has 2 fully saturated rings. The van der Waals surface area contributed by atoms with Crippen molar-refractivity contribution in [2.24, 2.45) is 5.73 Å². The van der Waals surface area contributed by atoms with Gasteiger partial charge in [0.05, 0.1) is 23.6 Å². The normalized spacial score (nSPS) is 22.8. The van der Waals surface area contributed by atoms with Gasteiger partial charge in [0.15, 0.2) is 11.6 Å². The third-order valence-electron chi connectivity index (χ3n) is 5.31. The van der Waals surface area contributed by atoms with Crippen molar-refractivity contribution in [2.45, 2.75) is 25.2 Å². The van der Waals surface area contributed by atoms with E-state index in [2.05, 4.69) is 10.3 Å². The molecule has 2 saturated heterocycles. The maximum Gasteiger partial charge on any atom is 0.243 e. The number of nitrogens with two attached hydrogens (primary N) is 1. The molecule has 2 aliphatic rings. The lowest BCUT2D eigenvalue weighted by atomic mass is 10.1. The Kier molecular flexibility index (Phi) is 5.07. The molecular formula is C18H21F3N6O2. The van der Waals surface area contributed by atoms with Crippen molar-refractivity contribution in [1.82, 2.24) is 19.8 Å². The lowest BCUT2D eigenvalue weighted by molar-refractivity contribution is -0.138. The Morgan fingerprint density at radius 1 is 1.28 bits per heavy atom. The van der Waals surface area contributed by atoms with Crippen molar-refractivity contribution in [1.29, 1.82) is 0 Å². The van der Waals surface area contributed by atoms with Gasteiger partial charge in [-0.05, 0) is 6.42 Å². The molecule has 29 heavy (non-hydrogen) atoms. The van der Waals surface area contributed by atoms with Crippen LogP contribution in [-0.4, -0.2) is 71.2 Å². The molecule has 2 aromatic rings. The largest absolute Gasteiger partial charge is 0.353 e. The Morgan fingerprint density at radius 3 is 2.76 bits per heavy atom. The van der Waals surface area contributed by atoms with Gasteiger partial charge in [0, 0.05) is 38.3 Å². The van der Waals surface area contributed by atoms with Crippen LogP contribution in [0, 0.1) is 11.6 Å². The monoisotopic (exact) mass is 410 g/mol. The van der Waals surface area contributed by atoms with Crippen LogP contribution in [0.25, 0.3) is 11.0 Å². The zero-order chi connectivity index (χ0) is 20.7. The first kappa shape index (κ1) is 19.5. The van der Waals surface area contributed by atoms with E-state index in [9.17, 15) is 22.8 Å². The van der Waals surface area contributed by atoms with Crippen LogP contribution in [0.3, 0.4) is 0 Å². The molecule has 2 atom stereocenters. The number of halogens is 3. The summed E-state index contributed by atoms with van der Waals surface area (Å²) in [5.74, 6) is -2.43. The van der Waals surface area contributed by atoms with Crippen LogP contribution in [0.1, 0.15) is 6.42 Å². The minimum Gasteiger partial charge on any atom is -0.353 e. The number of rotatable bonds is 3. The molecule has 2 aliphatic heterocycles. The number of nitrogens with one attached hydrogen (secondary N) is 1. The number of piperazine rings is 1. The van der Waals surface area contributed by atoms with Gasteiger partial charge in [-0.2, -0.15) is 0 Å². The molecule has 0 radical (unpaired) electrons. The third-order valence-corrected chi connectivity index (χ3v) is 5.31. The Hall–Kier alpha value is -2.82. The molecule has 156 valence electrons. The summed E-state index contributed by atoms with van der Waals surface area (Å²) in [6, 6.07) is 1.22. The summed E-state index contributed by atoms with van der Waals surface area (Å²) in [6.07, 6.45) is -0.958. The lowest BCUT2D eigenvalue weighted by Crippen LogP contribution is -2.51. The average molecular weight is 410 g/mol. The second kappa shape index (κ2) is 7.54. The number of alkyl halides is 1. The van der Waals surface area contributed by atoms with Crippen molar-refractivity contribution >= 4 is 28.8 Å². The number of fused-ring (bicyclic) bond motifs is 1. The topological polar surface area (TPSA) is 96.5 Å². The number of hydrogen-bond acceptors (Lipinski definition) is 5. The van der Waals surface area contributed by atoms with Gasteiger partial charge in [0.25, 0.3) is 0 Å². The van der Waals surface area contributed by atoms with E-state index in [0.717, 1.165) is 12.1 Å². The minimum atomic E-state index is -1.15. The second-order valence-electron chi connectivity index (χ2n) is 7.33. The second-order valence-corrected chi connectivity index (χ2v) is 7.33. The molecule has 0 bridgehead atoms. The maximum absolute atomic E-state index is 13.9. The summed E-state index contributed by atoms with van der Waals surface area (Å²) in [7, 11) is 0. The number of hydrogen-bond donors (Lipinski definition) is 2. The summed E-state index contributed by atoms with van der Waals surface area (Å²) in [5.41, 5.74) is 6.26. The number of anilines is 1. The standard InChI is InChI=1S/C18H21F3N6O2/c19-10-1-3-26(7-13(10)22)18-24-14-5-11(20)12(21)6-15(14)27(18)9-17(29)25-4-2-23-16(28)8-25/h5-6,10,13H,1-4,7-9,22H2,(H,23,28)/t10-,13-/m1/s1. The summed E-state index contributed by atoms with van der Waals surface area (Å²) < 4.78 is 42.9. The van der Waals surface area contributed by atoms with E-state index in [1.54, 1.807) is 4.90 Å². The van der Waals surface area contributed by atoms with Crippen LogP contribution in [-0.2, 0) is 16.1 Å². The Bertz CT molecular complexity index is 965. The smallest absolute Gasteiger partial charge is 0.243 e. The number of imidazole rings is 1. The van der Waals surface area contributed by atoms with Gasteiger partial charge >= 0.3 is 0 Å². The number of aromatic nitrogens is 2. The summed E-state index contributed by atoms with van der Waals surface area (Å²) >= 11 is 0. The van der Waals surface area contributed by atoms with Gasteiger partial charge in [-0.3, -0.25) is 9.59 Å². The predicted octanol–water partition coefficient (Wildman–Crippen LogP) is 0.148. The highest BCUT2D eigenvalue weighted by atomic mass is 19.2. The zero-order valence-corrected chi connectivity index (χ0v) is 15.6. The fourth-order valence-corrected chi connectivity index (χ4v) is 3.73. The molecule has 0 unspecified atom stereocenters. The van der Waals surface area contributed by atoms with Crippen LogP contribution in [0.15, 0.2) is 12.1 Å². The summed E-state index contributed by atoms with van der Waals surface area (Å²) in [6.45, 7) is 0.893. The summed E-state index contributed by atoms with van der Waals surface area (Å²) in [4.78, 5) is 31.8. The van der Waals surface area contributed by atoms with Crippen LogP contribution in [0.4, 0.5) is 19.1 Å². The van der Waals surface area contributed by atoms with Crippen molar-refractivity contribution in [3.8, 4) is 0 Å². The molecule has 2 amide bonds. The summed E-state index contributed by atoms with van der Waals surface area (Å²) in [5, 5.41) is 2.64. The van der Waals surface area contributed by atoms with Gasteiger partial charge in [-0.15, -0.1) is 0 Å². The van der Waals surface area contributed by atoms with Crippen molar-refractivity contribution in [3.05, 3.63) is 23.8 Å². The van der Waals surface area contributed by atoms with E-state index >= 15 is 0 Å². The fraction of sp³-hybridized carbons (Fsp3) is 0.500. The number of piperidine rings is 1. The highest BCUT2D eigenvalue weighted by Crippen LogP contribution is 2.27. The van der Waals surface area contributed by atoms with Gasteiger partial charge in [-0.1, -0.05) is 0 Å². The van der Waals surface area contributed by atoms with Crippen LogP contribution >= 0.6 is 0 Å². The zero-order valence-electron chi connectivity index (χ0n) is 15.6. The quantitative estimate of drug-likeness (QED) is 0.751. The Labute approximate surface area is 164 Å². The van der Waals surface area contributed by atoms with Gasteiger partial charge in [0.2, 0.25) is 17.8 Å². The van der Waals surface area contributed by atoms with Crippen LogP contribution in [0.2, 0.25) is 0 Å². The van der Waals surface area contributed by atoms with Crippen LogP contribution in [0.5, 0.6) is 0 Å². The van der Waals surface area contributed by atoms with E-state index in [1.165, 1.54) is 9.47 Å². The highest BCUT2D eigenvalue weighted by Gasteiger charge is 2.31. The molecule has 3 heterocycles. The van der Waals surface area contributed by atoms with E-state index in [4.69, 9.17) is 5.73 Å². The third kappa shape index (κ3) is 3.74. The lowest BCUT2D eigenvalue weighted by Gasteiger charge is -2.34. The Balaban J connectivity index is 1.70. The molecule has 1 aromatic carbocycles. The predicted molar refractivity (Wildman–Crippen MR) is 98.9 cm³/mol. The molecule has 0 aliphatic carbocycles. The van der Waals surface area contributed by atoms with E-state index in [1.807, 2.05) is 0 Å². The minimum absolute atomic E-state index is 0.0676. The fourth-order valence-electron chi connectivity index (χ4n) is 3.73. The molecule has 0 spiro atoms. The Morgan fingerprint density at radius 2 is 2.03 bits per heavy atom. The van der Waals surface area contributed by atoms with Crippen molar-refractivity contribution in [2.75, 3.05) is 37.6 Å². The molecular weight excluding hydrogens is 389 g/mol. The molecule has 0 saturated carbocycles. The first-order valence-electron chi connectivity index (χ1n) is 9.38. The van der Waals surface area contributed by atoms with Gasteiger partial charge in [-0.25, -0.2) is 18.2 Å². The first-order valence-corrected chi connectivity index (χ1v) is 9.38. The van der Waals surface area contributed by atoms with Crippen molar-refractivity contribution < 1.29 is 22.8 Å². The van der Waals surface area contributed by atoms with E-state index < -0.39 is 23.8 Å². The highest BCUT2D eigenvalue weighted by molar-refractivity contribution is 5.87. The maximum atomic E-state index is 13.9. The number of carbonyl (C=O) groups is 2. The molecule has 1 aromatic heterocycles.